The summed E-state index contributed by atoms with van der Waals surface area (Å²) in [5, 5.41) is 0. The normalized spacial score (nSPS) is 39.3. The fourth-order valence-corrected chi connectivity index (χ4v) is 4.05. The highest BCUT2D eigenvalue weighted by molar-refractivity contribution is 5.09. The second-order valence-electron chi connectivity index (χ2n) is 6.41. The summed E-state index contributed by atoms with van der Waals surface area (Å²) in [7, 11) is 0. The number of allylic oxidation sites excluding steroid dienone is 2. The van der Waals surface area contributed by atoms with Gasteiger partial charge in [-0.1, -0.05) is 31.4 Å². The molecule has 1 saturated carbocycles. The van der Waals surface area contributed by atoms with Crippen LogP contribution in [0, 0.1) is 23.7 Å². The van der Waals surface area contributed by atoms with Crippen LogP contribution in [0.1, 0.15) is 51.4 Å². The van der Waals surface area contributed by atoms with Gasteiger partial charge in [-0.2, -0.15) is 0 Å². The summed E-state index contributed by atoms with van der Waals surface area (Å²) < 4.78 is 5.42. The summed E-state index contributed by atoms with van der Waals surface area (Å²) in [4.78, 5) is 0. The molecule has 1 aliphatic heterocycles. The molecule has 1 heteroatoms. The zero-order valence-corrected chi connectivity index (χ0v) is 10.9. The van der Waals surface area contributed by atoms with Crippen molar-refractivity contribution in [3.63, 3.8) is 0 Å². The van der Waals surface area contributed by atoms with Gasteiger partial charge in [0.2, 0.25) is 0 Å². The molecule has 3 rings (SSSR count). The highest BCUT2D eigenvalue weighted by Crippen LogP contribution is 2.45. The third kappa shape index (κ3) is 2.93. The zero-order valence-electron chi connectivity index (χ0n) is 10.9. The third-order valence-electron chi connectivity index (χ3n) is 5.13. The van der Waals surface area contributed by atoms with Gasteiger partial charge in [0.1, 0.15) is 0 Å². The van der Waals surface area contributed by atoms with E-state index in [0.29, 0.717) is 0 Å². The smallest absolute Gasteiger partial charge is 0.0495 e. The van der Waals surface area contributed by atoms with Crippen molar-refractivity contribution < 1.29 is 4.74 Å². The average Bonchev–Trinajstić information content (AvgIpc) is 3.05. The molecule has 0 N–H and O–H groups in total. The molecule has 4 unspecified atom stereocenters. The molecule has 1 heterocycles. The Bertz CT molecular complexity index is 265. The standard InChI is InChI=1S/C16H26O/c1(2-4-13-8-9-17-12-13)3-5-15-10-14-6-7-16(15)11-14/h6-7,13-16H,1-5,8-12H2. The number of unbranched alkanes of at least 4 members (excludes halogenated alkanes) is 2. The van der Waals surface area contributed by atoms with Gasteiger partial charge in [0, 0.05) is 13.2 Å². The van der Waals surface area contributed by atoms with E-state index in [2.05, 4.69) is 12.2 Å². The summed E-state index contributed by atoms with van der Waals surface area (Å²) >= 11 is 0. The number of hydrogen-bond acceptors (Lipinski definition) is 1. The van der Waals surface area contributed by atoms with E-state index in [1.165, 1.54) is 51.4 Å². The first-order chi connectivity index (χ1) is 8.42. The molecule has 4 atom stereocenters. The van der Waals surface area contributed by atoms with Crippen molar-refractivity contribution in [2.45, 2.75) is 51.4 Å². The van der Waals surface area contributed by atoms with Crippen LogP contribution in [0.4, 0.5) is 0 Å². The van der Waals surface area contributed by atoms with Gasteiger partial charge in [-0.25, -0.2) is 0 Å². The van der Waals surface area contributed by atoms with Gasteiger partial charge >= 0.3 is 0 Å². The molecule has 0 aromatic heterocycles. The summed E-state index contributed by atoms with van der Waals surface area (Å²) in [6.07, 6.45) is 16.5. The van der Waals surface area contributed by atoms with Crippen LogP contribution in [0.15, 0.2) is 12.2 Å². The maximum Gasteiger partial charge on any atom is 0.0495 e. The Morgan fingerprint density at radius 1 is 1.00 bits per heavy atom. The highest BCUT2D eigenvalue weighted by atomic mass is 16.5. The van der Waals surface area contributed by atoms with Gasteiger partial charge in [-0.3, -0.25) is 0 Å². The summed E-state index contributed by atoms with van der Waals surface area (Å²) in [6.45, 7) is 2.05. The monoisotopic (exact) mass is 234 g/mol. The first kappa shape index (κ1) is 11.8. The van der Waals surface area contributed by atoms with Crippen molar-refractivity contribution in [1.82, 2.24) is 0 Å². The minimum Gasteiger partial charge on any atom is -0.381 e. The summed E-state index contributed by atoms with van der Waals surface area (Å²) in [5.41, 5.74) is 0. The topological polar surface area (TPSA) is 9.23 Å². The Hall–Kier alpha value is -0.300. The highest BCUT2D eigenvalue weighted by Gasteiger charge is 2.34. The molecule has 0 aromatic carbocycles. The van der Waals surface area contributed by atoms with Gasteiger partial charge < -0.3 is 4.74 Å². The van der Waals surface area contributed by atoms with E-state index < -0.39 is 0 Å². The van der Waals surface area contributed by atoms with Crippen LogP contribution in [-0.4, -0.2) is 13.2 Å². The van der Waals surface area contributed by atoms with Crippen molar-refractivity contribution in [3.05, 3.63) is 12.2 Å². The lowest BCUT2D eigenvalue weighted by molar-refractivity contribution is 0.183. The van der Waals surface area contributed by atoms with Crippen LogP contribution in [0.5, 0.6) is 0 Å². The predicted octanol–water partition coefficient (Wildman–Crippen LogP) is 4.19. The fraction of sp³-hybridized carbons (Fsp3) is 0.875. The largest absolute Gasteiger partial charge is 0.381 e. The molecule has 2 fully saturated rings. The lowest BCUT2D eigenvalue weighted by Crippen LogP contribution is -2.06. The minimum absolute atomic E-state index is 0.889. The maximum atomic E-state index is 5.42. The van der Waals surface area contributed by atoms with Crippen molar-refractivity contribution in [3.8, 4) is 0 Å². The number of hydrogen-bond donors (Lipinski definition) is 0. The quantitative estimate of drug-likeness (QED) is 0.495. The van der Waals surface area contributed by atoms with Gasteiger partial charge in [0.05, 0.1) is 0 Å². The molecule has 17 heavy (non-hydrogen) atoms. The van der Waals surface area contributed by atoms with Gasteiger partial charge in [0.25, 0.3) is 0 Å². The van der Waals surface area contributed by atoms with Crippen LogP contribution >= 0.6 is 0 Å². The second-order valence-corrected chi connectivity index (χ2v) is 6.41. The lowest BCUT2D eigenvalue weighted by Gasteiger charge is -2.17. The van der Waals surface area contributed by atoms with Gasteiger partial charge in [-0.05, 0) is 55.8 Å². The van der Waals surface area contributed by atoms with Crippen LogP contribution < -0.4 is 0 Å². The molecule has 0 aromatic rings. The van der Waals surface area contributed by atoms with Gasteiger partial charge in [0.15, 0.2) is 0 Å². The molecule has 2 aliphatic carbocycles. The van der Waals surface area contributed by atoms with E-state index in [0.717, 1.165) is 36.9 Å². The molecule has 0 spiro atoms. The molecular weight excluding hydrogens is 208 g/mol. The summed E-state index contributed by atoms with van der Waals surface area (Å²) in [6, 6.07) is 0. The van der Waals surface area contributed by atoms with Crippen LogP contribution in [0.2, 0.25) is 0 Å². The summed E-state index contributed by atoms with van der Waals surface area (Å²) in [5.74, 6) is 3.85. The maximum absolute atomic E-state index is 5.42. The molecule has 0 amide bonds. The fourth-order valence-electron chi connectivity index (χ4n) is 4.05. The van der Waals surface area contributed by atoms with Crippen LogP contribution in [0.3, 0.4) is 0 Å². The van der Waals surface area contributed by atoms with Gasteiger partial charge in [-0.15, -0.1) is 0 Å². The second kappa shape index (κ2) is 5.56. The third-order valence-corrected chi connectivity index (χ3v) is 5.13. The Balaban J connectivity index is 1.25. The van der Waals surface area contributed by atoms with E-state index >= 15 is 0 Å². The van der Waals surface area contributed by atoms with Crippen LogP contribution in [-0.2, 0) is 4.74 Å². The Morgan fingerprint density at radius 2 is 1.94 bits per heavy atom. The van der Waals surface area contributed by atoms with Crippen molar-refractivity contribution in [2.24, 2.45) is 23.7 Å². The van der Waals surface area contributed by atoms with Crippen molar-refractivity contribution in [1.29, 1.82) is 0 Å². The Labute approximate surface area is 106 Å². The SMILES string of the molecule is C1=CC2CC1CC2CCCCCC1CCOC1. The van der Waals surface area contributed by atoms with E-state index in [4.69, 9.17) is 4.74 Å². The Morgan fingerprint density at radius 3 is 2.65 bits per heavy atom. The molecule has 3 aliphatic rings. The van der Waals surface area contributed by atoms with Crippen molar-refractivity contribution in [2.75, 3.05) is 13.2 Å². The first-order valence-electron chi connectivity index (χ1n) is 7.68. The van der Waals surface area contributed by atoms with Crippen LogP contribution in [0.25, 0.3) is 0 Å². The molecule has 1 nitrogen and oxygen atoms in total. The van der Waals surface area contributed by atoms with E-state index in [1.807, 2.05) is 0 Å². The average molecular weight is 234 g/mol. The number of rotatable bonds is 6. The van der Waals surface area contributed by atoms with E-state index in [1.54, 1.807) is 0 Å². The van der Waals surface area contributed by atoms with E-state index in [9.17, 15) is 0 Å². The molecule has 2 bridgehead atoms. The molecular formula is C16H26O. The Kier molecular flexibility index (Phi) is 3.85. The predicted molar refractivity (Wildman–Crippen MR) is 70.9 cm³/mol. The minimum atomic E-state index is 0.889. The molecule has 0 radical (unpaired) electrons. The number of ether oxygens (including phenoxy) is 1. The lowest BCUT2D eigenvalue weighted by atomic mass is 9.88. The zero-order chi connectivity index (χ0) is 11.5. The first-order valence-corrected chi connectivity index (χ1v) is 7.68. The van der Waals surface area contributed by atoms with Crippen molar-refractivity contribution >= 4 is 0 Å². The molecule has 96 valence electrons. The number of fused-ring (bicyclic) bond motifs is 2. The van der Waals surface area contributed by atoms with E-state index in [-0.39, 0.29) is 0 Å². The molecule has 1 saturated heterocycles.